The van der Waals surface area contributed by atoms with Crippen molar-refractivity contribution in [3.05, 3.63) is 23.8 Å². The van der Waals surface area contributed by atoms with Crippen molar-refractivity contribution in [2.24, 2.45) is 0 Å². The van der Waals surface area contributed by atoms with Gasteiger partial charge in [0.1, 0.15) is 0 Å². The third-order valence-corrected chi connectivity index (χ3v) is 0.981. The van der Waals surface area contributed by atoms with Crippen LogP contribution in [0.3, 0.4) is 0 Å². The van der Waals surface area contributed by atoms with Gasteiger partial charge >= 0.3 is 0 Å². The van der Waals surface area contributed by atoms with E-state index in [1.54, 1.807) is 6.08 Å². The maximum atomic E-state index is 6.69. The molecule has 0 spiro atoms. The highest BCUT2D eigenvalue weighted by atomic mass is 14.3. The van der Waals surface area contributed by atoms with E-state index in [0.29, 0.717) is 0 Å². The molecule has 0 heterocycles. The molecule has 0 aromatic heterocycles. The van der Waals surface area contributed by atoms with Gasteiger partial charge in [0.25, 0.3) is 0 Å². The van der Waals surface area contributed by atoms with Gasteiger partial charge in [0.05, 0.1) is 0 Å². The summed E-state index contributed by atoms with van der Waals surface area (Å²) in [6.45, 7) is 4.13. The Morgan fingerprint density at radius 2 is 2.22 bits per heavy atom. The molecule has 1 N–H and O–H groups in total. The first-order valence-corrected chi connectivity index (χ1v) is 3.15. The molecular formula is C8H13N. The zero-order valence-corrected chi connectivity index (χ0v) is 6.02. The summed E-state index contributed by atoms with van der Waals surface area (Å²) in [6, 6.07) is 0. The average Bonchev–Trinajstić information content (AvgIpc) is 1.85. The molecule has 0 unspecified atom stereocenters. The monoisotopic (exact) mass is 123 g/mol. The van der Waals surface area contributed by atoms with Crippen molar-refractivity contribution in [1.82, 2.24) is 0 Å². The Hall–Kier alpha value is -0.850. The van der Waals surface area contributed by atoms with Crippen LogP contribution in [-0.4, -0.2) is 6.21 Å². The minimum Gasteiger partial charge on any atom is -0.309 e. The van der Waals surface area contributed by atoms with Gasteiger partial charge < -0.3 is 5.41 Å². The molecule has 0 fully saturated rings. The first-order chi connectivity index (χ1) is 4.31. The second-order valence-electron chi connectivity index (χ2n) is 1.88. The molecule has 0 aliphatic carbocycles. The molecule has 1 heteroatoms. The SMILES string of the molecule is CC/C=C(C)\C=C/C=N. The molecule has 0 radical (unpaired) electrons. The van der Waals surface area contributed by atoms with Crippen LogP contribution in [0.15, 0.2) is 23.8 Å². The molecule has 0 bridgehead atoms. The quantitative estimate of drug-likeness (QED) is 0.440. The second kappa shape index (κ2) is 5.29. The lowest BCUT2D eigenvalue weighted by Crippen LogP contribution is -1.67. The summed E-state index contributed by atoms with van der Waals surface area (Å²) >= 11 is 0. The molecule has 50 valence electrons. The first-order valence-electron chi connectivity index (χ1n) is 3.15. The largest absolute Gasteiger partial charge is 0.309 e. The number of allylic oxidation sites excluding steroid dienone is 4. The van der Waals surface area contributed by atoms with Crippen LogP contribution in [-0.2, 0) is 0 Å². The van der Waals surface area contributed by atoms with Gasteiger partial charge in [0.15, 0.2) is 0 Å². The molecule has 0 saturated heterocycles. The zero-order valence-electron chi connectivity index (χ0n) is 6.02. The minimum atomic E-state index is 1.06. The number of hydrogen-bond donors (Lipinski definition) is 1. The summed E-state index contributed by atoms with van der Waals surface area (Å²) in [6.07, 6.45) is 8.12. The normalized spacial score (nSPS) is 12.4. The average molecular weight is 123 g/mol. The fraction of sp³-hybridized carbons (Fsp3) is 0.375. The molecule has 0 atom stereocenters. The van der Waals surface area contributed by atoms with Crippen molar-refractivity contribution >= 4 is 6.21 Å². The van der Waals surface area contributed by atoms with Crippen LogP contribution in [0.2, 0.25) is 0 Å². The molecule has 0 rings (SSSR count). The lowest BCUT2D eigenvalue weighted by molar-refractivity contribution is 1.20. The molecule has 0 aromatic carbocycles. The number of hydrogen-bond acceptors (Lipinski definition) is 1. The van der Waals surface area contributed by atoms with Crippen molar-refractivity contribution < 1.29 is 0 Å². The smallest absolute Gasteiger partial charge is 0.0177 e. The standard InChI is InChI=1S/C8H13N/c1-3-5-8(2)6-4-7-9/h4-7,9H,3H2,1-2H3/b6-4-,8-5-,9-7?. The highest BCUT2D eigenvalue weighted by molar-refractivity contribution is 5.68. The first kappa shape index (κ1) is 8.15. The van der Waals surface area contributed by atoms with Crippen LogP contribution in [0.25, 0.3) is 0 Å². The molecule has 0 aromatic rings. The number of rotatable bonds is 3. The van der Waals surface area contributed by atoms with Gasteiger partial charge in [-0.2, -0.15) is 0 Å². The van der Waals surface area contributed by atoms with Crippen LogP contribution < -0.4 is 0 Å². The third kappa shape index (κ3) is 5.01. The van der Waals surface area contributed by atoms with Crippen molar-refractivity contribution in [3.8, 4) is 0 Å². The van der Waals surface area contributed by atoms with E-state index >= 15 is 0 Å². The third-order valence-electron chi connectivity index (χ3n) is 0.981. The molecule has 0 aliphatic rings. The van der Waals surface area contributed by atoms with Crippen molar-refractivity contribution in [1.29, 1.82) is 5.41 Å². The van der Waals surface area contributed by atoms with Gasteiger partial charge in [-0.1, -0.05) is 24.6 Å². The summed E-state index contributed by atoms with van der Waals surface area (Å²) in [5, 5.41) is 6.69. The molecule has 0 aliphatic heterocycles. The van der Waals surface area contributed by atoms with Gasteiger partial charge in [-0.25, -0.2) is 0 Å². The molecule has 0 amide bonds. The van der Waals surface area contributed by atoms with Gasteiger partial charge in [-0.05, 0) is 19.4 Å². The Morgan fingerprint density at radius 3 is 2.67 bits per heavy atom. The summed E-state index contributed by atoms with van der Waals surface area (Å²) in [7, 11) is 0. The van der Waals surface area contributed by atoms with Crippen LogP contribution in [0, 0.1) is 5.41 Å². The topological polar surface area (TPSA) is 23.9 Å². The van der Waals surface area contributed by atoms with E-state index in [0.717, 1.165) is 6.42 Å². The Bertz CT molecular complexity index is 132. The predicted molar refractivity (Wildman–Crippen MR) is 42.0 cm³/mol. The van der Waals surface area contributed by atoms with Crippen LogP contribution >= 0.6 is 0 Å². The second-order valence-corrected chi connectivity index (χ2v) is 1.88. The van der Waals surface area contributed by atoms with Gasteiger partial charge in [-0.3, -0.25) is 0 Å². The van der Waals surface area contributed by atoms with E-state index in [-0.39, 0.29) is 0 Å². The van der Waals surface area contributed by atoms with Gasteiger partial charge in [0.2, 0.25) is 0 Å². The van der Waals surface area contributed by atoms with Crippen LogP contribution in [0.5, 0.6) is 0 Å². The molecule has 0 saturated carbocycles. The van der Waals surface area contributed by atoms with E-state index in [1.807, 2.05) is 13.0 Å². The van der Waals surface area contributed by atoms with Crippen molar-refractivity contribution in [2.45, 2.75) is 20.3 Å². The highest BCUT2D eigenvalue weighted by Gasteiger charge is 1.75. The van der Waals surface area contributed by atoms with E-state index < -0.39 is 0 Å². The van der Waals surface area contributed by atoms with E-state index in [4.69, 9.17) is 5.41 Å². The summed E-state index contributed by atoms with van der Waals surface area (Å²) in [4.78, 5) is 0. The Kier molecular flexibility index (Phi) is 4.79. The van der Waals surface area contributed by atoms with E-state index in [1.165, 1.54) is 11.8 Å². The van der Waals surface area contributed by atoms with E-state index in [2.05, 4.69) is 13.0 Å². The highest BCUT2D eigenvalue weighted by Crippen LogP contribution is 1.94. The minimum absolute atomic E-state index is 1.06. The summed E-state index contributed by atoms with van der Waals surface area (Å²) in [5.74, 6) is 0. The Labute approximate surface area is 56.6 Å². The van der Waals surface area contributed by atoms with Gasteiger partial charge in [-0.15, -0.1) is 0 Å². The predicted octanol–water partition coefficient (Wildman–Crippen LogP) is 2.55. The zero-order chi connectivity index (χ0) is 7.11. The molecular weight excluding hydrogens is 110 g/mol. The molecule has 1 nitrogen and oxygen atoms in total. The number of nitrogens with one attached hydrogen (secondary N) is 1. The maximum Gasteiger partial charge on any atom is 0.0177 e. The lowest BCUT2D eigenvalue weighted by Gasteiger charge is -1.85. The van der Waals surface area contributed by atoms with Crippen LogP contribution in [0.1, 0.15) is 20.3 Å². The van der Waals surface area contributed by atoms with Crippen molar-refractivity contribution in [3.63, 3.8) is 0 Å². The molecule has 9 heavy (non-hydrogen) atoms. The van der Waals surface area contributed by atoms with E-state index in [9.17, 15) is 0 Å². The van der Waals surface area contributed by atoms with Crippen LogP contribution in [0.4, 0.5) is 0 Å². The van der Waals surface area contributed by atoms with Gasteiger partial charge in [0, 0.05) is 6.21 Å². The Morgan fingerprint density at radius 1 is 1.56 bits per heavy atom. The fourth-order valence-electron chi connectivity index (χ4n) is 0.590. The Balaban J connectivity index is 3.74. The lowest BCUT2D eigenvalue weighted by atomic mass is 10.2. The summed E-state index contributed by atoms with van der Waals surface area (Å²) < 4.78 is 0. The van der Waals surface area contributed by atoms with Crippen molar-refractivity contribution in [2.75, 3.05) is 0 Å². The fourth-order valence-corrected chi connectivity index (χ4v) is 0.590. The maximum absolute atomic E-state index is 6.69. The summed E-state index contributed by atoms with van der Waals surface area (Å²) in [5.41, 5.74) is 1.22.